The number of hydrogen-bond donors (Lipinski definition) is 0. The van der Waals surface area contributed by atoms with Crippen molar-refractivity contribution in [2.24, 2.45) is 0 Å². The maximum absolute atomic E-state index is 12.6. The summed E-state index contributed by atoms with van der Waals surface area (Å²) in [5.41, 5.74) is 1.03. The number of hydrogen-bond acceptors (Lipinski definition) is 6. The molecule has 0 aromatic heterocycles. The SMILES string of the molecule is COC1=C(OC)C(=O)C(CCCCCCCCCCCCOC(C)=O)=C(C)C1=O. The van der Waals surface area contributed by atoms with Crippen LogP contribution in [0.2, 0.25) is 0 Å². The molecule has 1 rings (SSSR count). The van der Waals surface area contributed by atoms with Crippen LogP contribution in [0.5, 0.6) is 0 Å². The second-order valence-electron chi connectivity index (χ2n) is 7.45. The van der Waals surface area contributed by atoms with Crippen LogP contribution in [0.25, 0.3) is 0 Å². The molecular weight excluding hydrogens is 372 g/mol. The van der Waals surface area contributed by atoms with Crippen molar-refractivity contribution in [3.63, 3.8) is 0 Å². The molecule has 0 N–H and O–H groups in total. The predicted molar refractivity (Wildman–Crippen MR) is 111 cm³/mol. The maximum Gasteiger partial charge on any atom is 0.302 e. The van der Waals surface area contributed by atoms with Gasteiger partial charge < -0.3 is 14.2 Å². The van der Waals surface area contributed by atoms with E-state index in [1.807, 2.05) is 0 Å². The van der Waals surface area contributed by atoms with E-state index >= 15 is 0 Å². The Morgan fingerprint density at radius 1 is 0.724 bits per heavy atom. The highest BCUT2D eigenvalue weighted by atomic mass is 16.5. The molecule has 0 saturated carbocycles. The summed E-state index contributed by atoms with van der Waals surface area (Å²) in [5, 5.41) is 0. The molecule has 0 saturated heterocycles. The van der Waals surface area contributed by atoms with E-state index in [9.17, 15) is 14.4 Å². The summed E-state index contributed by atoms with van der Waals surface area (Å²) < 4.78 is 15.1. The van der Waals surface area contributed by atoms with Crippen LogP contribution < -0.4 is 0 Å². The van der Waals surface area contributed by atoms with Gasteiger partial charge in [-0.25, -0.2) is 0 Å². The van der Waals surface area contributed by atoms with Crippen LogP contribution in [-0.4, -0.2) is 38.4 Å². The lowest BCUT2D eigenvalue weighted by Crippen LogP contribution is -2.25. The van der Waals surface area contributed by atoms with E-state index in [1.165, 1.54) is 53.2 Å². The summed E-state index contributed by atoms with van der Waals surface area (Å²) in [4.78, 5) is 35.5. The Labute approximate surface area is 174 Å². The molecule has 0 amide bonds. The molecule has 0 fully saturated rings. The number of esters is 1. The minimum atomic E-state index is -0.258. The highest BCUT2D eigenvalue weighted by molar-refractivity contribution is 6.23. The van der Waals surface area contributed by atoms with Gasteiger partial charge in [0.1, 0.15) is 0 Å². The zero-order chi connectivity index (χ0) is 21.6. The molecule has 0 aliphatic heterocycles. The average molecular weight is 409 g/mol. The molecule has 0 atom stereocenters. The van der Waals surface area contributed by atoms with E-state index in [0.29, 0.717) is 24.2 Å². The van der Waals surface area contributed by atoms with Gasteiger partial charge in [-0.1, -0.05) is 51.4 Å². The lowest BCUT2D eigenvalue weighted by Gasteiger charge is -2.20. The molecule has 29 heavy (non-hydrogen) atoms. The van der Waals surface area contributed by atoms with E-state index in [4.69, 9.17) is 14.2 Å². The zero-order valence-corrected chi connectivity index (χ0v) is 18.4. The van der Waals surface area contributed by atoms with Crippen LogP contribution in [0.1, 0.15) is 84.5 Å². The minimum Gasteiger partial charge on any atom is -0.489 e. The largest absolute Gasteiger partial charge is 0.489 e. The number of unbranched alkanes of at least 4 members (excludes halogenated alkanes) is 9. The molecule has 1 aliphatic rings. The highest BCUT2D eigenvalue weighted by Gasteiger charge is 2.34. The fourth-order valence-electron chi connectivity index (χ4n) is 3.53. The standard InChI is InChI=1S/C23H36O6/c1-17-19(21(26)23(28-4)22(27-3)20(17)25)15-13-11-9-7-5-6-8-10-12-14-16-29-18(2)24/h5-16H2,1-4H3. The average Bonchev–Trinajstić information content (AvgIpc) is 2.69. The third-order valence-electron chi connectivity index (χ3n) is 5.22. The topological polar surface area (TPSA) is 78.9 Å². The summed E-state index contributed by atoms with van der Waals surface area (Å²) in [6.07, 6.45) is 11.8. The summed E-state index contributed by atoms with van der Waals surface area (Å²) in [6, 6.07) is 0. The zero-order valence-electron chi connectivity index (χ0n) is 18.4. The van der Waals surface area contributed by atoms with Gasteiger partial charge >= 0.3 is 5.97 Å². The molecule has 0 aromatic rings. The Morgan fingerprint density at radius 3 is 1.66 bits per heavy atom. The molecule has 0 unspecified atom stereocenters. The van der Waals surface area contributed by atoms with Crippen molar-refractivity contribution in [3.05, 3.63) is 22.7 Å². The quantitative estimate of drug-likeness (QED) is 0.220. The van der Waals surface area contributed by atoms with Crippen molar-refractivity contribution in [2.45, 2.75) is 84.5 Å². The van der Waals surface area contributed by atoms with E-state index in [-0.39, 0.29) is 29.1 Å². The number of allylic oxidation sites excluding steroid dienone is 2. The van der Waals surface area contributed by atoms with Crippen molar-refractivity contribution in [2.75, 3.05) is 20.8 Å². The van der Waals surface area contributed by atoms with Crippen LogP contribution in [-0.2, 0) is 28.6 Å². The number of carbonyl (C=O) groups is 3. The molecule has 164 valence electrons. The van der Waals surface area contributed by atoms with Crippen molar-refractivity contribution >= 4 is 17.5 Å². The number of ether oxygens (including phenoxy) is 3. The minimum absolute atomic E-state index is 0.00475. The second kappa shape index (κ2) is 14.0. The van der Waals surface area contributed by atoms with Gasteiger partial charge in [0.2, 0.25) is 23.1 Å². The van der Waals surface area contributed by atoms with E-state index in [2.05, 4.69) is 0 Å². The Bertz CT molecular complexity index is 629. The van der Waals surface area contributed by atoms with Crippen LogP contribution in [0, 0.1) is 0 Å². The van der Waals surface area contributed by atoms with Crippen LogP contribution in [0.4, 0.5) is 0 Å². The molecule has 0 radical (unpaired) electrons. The first-order valence-electron chi connectivity index (χ1n) is 10.7. The Morgan fingerprint density at radius 2 is 1.17 bits per heavy atom. The molecule has 6 nitrogen and oxygen atoms in total. The normalized spacial score (nSPS) is 14.5. The van der Waals surface area contributed by atoms with E-state index in [0.717, 1.165) is 32.1 Å². The van der Waals surface area contributed by atoms with Gasteiger partial charge in [-0.05, 0) is 26.2 Å². The molecule has 6 heteroatoms. The number of methoxy groups -OCH3 is 2. The van der Waals surface area contributed by atoms with Crippen molar-refractivity contribution < 1.29 is 28.6 Å². The third kappa shape index (κ3) is 8.42. The second-order valence-corrected chi connectivity index (χ2v) is 7.45. The van der Waals surface area contributed by atoms with Gasteiger partial charge in [0.15, 0.2) is 0 Å². The fourth-order valence-corrected chi connectivity index (χ4v) is 3.53. The number of Topliss-reactive ketones (excluding diaryl/α,β-unsaturated/α-hetero) is 2. The number of rotatable bonds is 15. The first-order chi connectivity index (χ1) is 13.9. The molecular formula is C23H36O6. The van der Waals surface area contributed by atoms with Gasteiger partial charge in [-0.3, -0.25) is 14.4 Å². The summed E-state index contributed by atoms with van der Waals surface area (Å²) >= 11 is 0. The smallest absolute Gasteiger partial charge is 0.302 e. The van der Waals surface area contributed by atoms with Crippen molar-refractivity contribution in [1.82, 2.24) is 0 Å². The van der Waals surface area contributed by atoms with Crippen LogP contribution in [0.3, 0.4) is 0 Å². The van der Waals surface area contributed by atoms with Crippen molar-refractivity contribution in [1.29, 1.82) is 0 Å². The Balaban J connectivity index is 2.15. The van der Waals surface area contributed by atoms with E-state index in [1.54, 1.807) is 6.92 Å². The third-order valence-corrected chi connectivity index (χ3v) is 5.22. The van der Waals surface area contributed by atoms with Crippen LogP contribution >= 0.6 is 0 Å². The molecule has 0 heterocycles. The summed E-state index contributed by atoms with van der Waals surface area (Å²) in [7, 11) is 2.76. The molecule has 1 aliphatic carbocycles. The van der Waals surface area contributed by atoms with Crippen molar-refractivity contribution in [3.8, 4) is 0 Å². The molecule has 0 bridgehead atoms. The van der Waals surface area contributed by atoms with Gasteiger partial charge in [0.05, 0.1) is 20.8 Å². The summed E-state index contributed by atoms with van der Waals surface area (Å²) in [5.74, 6) is -0.663. The highest BCUT2D eigenvalue weighted by Crippen LogP contribution is 2.28. The van der Waals surface area contributed by atoms with E-state index < -0.39 is 0 Å². The first-order valence-corrected chi connectivity index (χ1v) is 10.7. The number of carbonyl (C=O) groups excluding carboxylic acids is 3. The van der Waals surface area contributed by atoms with Gasteiger partial charge in [-0.15, -0.1) is 0 Å². The maximum atomic E-state index is 12.6. The lowest BCUT2D eigenvalue weighted by molar-refractivity contribution is -0.141. The monoisotopic (exact) mass is 408 g/mol. The Kier molecular flexibility index (Phi) is 12.0. The summed E-state index contributed by atoms with van der Waals surface area (Å²) in [6.45, 7) is 3.66. The van der Waals surface area contributed by atoms with Gasteiger partial charge in [0.25, 0.3) is 0 Å². The molecule has 0 spiro atoms. The fraction of sp³-hybridized carbons (Fsp3) is 0.696. The Hall–Kier alpha value is -2.11. The van der Waals surface area contributed by atoms with Crippen LogP contribution in [0.15, 0.2) is 22.7 Å². The van der Waals surface area contributed by atoms with Gasteiger partial charge in [0, 0.05) is 18.1 Å². The first kappa shape index (κ1) is 24.9. The predicted octanol–water partition coefficient (Wildman–Crippen LogP) is 4.81. The van der Waals surface area contributed by atoms with Gasteiger partial charge in [-0.2, -0.15) is 0 Å². The molecule has 0 aromatic carbocycles. The lowest BCUT2D eigenvalue weighted by atomic mass is 9.89. The number of ketones is 2.